The molecule has 3 amide bonds. The molecule has 2 aromatic rings. The van der Waals surface area contributed by atoms with Crippen molar-refractivity contribution in [2.75, 3.05) is 0 Å². The number of ether oxygens (including phenoxy) is 2. The van der Waals surface area contributed by atoms with E-state index in [0.29, 0.717) is 18.4 Å². The Kier molecular flexibility index (Phi) is 12.3. The lowest BCUT2D eigenvalue weighted by atomic mass is 9.94. The number of amides is 3. The van der Waals surface area contributed by atoms with Gasteiger partial charge >= 0.3 is 12.1 Å². The summed E-state index contributed by atoms with van der Waals surface area (Å²) in [5.74, 6) is -1.52. The van der Waals surface area contributed by atoms with Crippen LogP contribution in [0.1, 0.15) is 103 Å². The van der Waals surface area contributed by atoms with Crippen LogP contribution in [0.2, 0.25) is 0 Å². The number of nitrogens with zero attached hydrogens (tertiary/aromatic N) is 1. The first-order valence-corrected chi connectivity index (χ1v) is 16.8. The number of carbonyl (C=O) groups excluding carboxylic acids is 4. The minimum atomic E-state index is -1.07. The Morgan fingerprint density at radius 3 is 1.94 bits per heavy atom. The van der Waals surface area contributed by atoms with Crippen LogP contribution in [0.15, 0.2) is 48.5 Å². The summed E-state index contributed by atoms with van der Waals surface area (Å²) in [6, 6.07) is 12.0. The van der Waals surface area contributed by atoms with E-state index < -0.39 is 47.3 Å². The molecule has 9 heteroatoms. The van der Waals surface area contributed by atoms with E-state index in [9.17, 15) is 19.2 Å². The van der Waals surface area contributed by atoms with E-state index in [-0.39, 0.29) is 30.2 Å². The number of hydrogen-bond acceptors (Lipinski definition) is 6. The van der Waals surface area contributed by atoms with Gasteiger partial charge in [-0.3, -0.25) is 9.59 Å². The van der Waals surface area contributed by atoms with E-state index in [1.54, 1.807) is 46.4 Å². The number of carbonyl (C=O) groups is 4. The first-order valence-electron chi connectivity index (χ1n) is 16.8. The SMILES string of the molecule is CCC(C)C(NC(=O)OC(C)(C)C)C(=O)N(C(C(=O)NC(Cc1ccccc1)C(=O)OC(C)(C)C)c1cc(C)cc(C)c1)C1CC1C. The molecule has 1 aliphatic carbocycles. The Morgan fingerprint density at radius 2 is 1.45 bits per heavy atom. The normalized spacial score (nSPS) is 18.6. The predicted octanol–water partition coefficient (Wildman–Crippen LogP) is 6.59. The predicted molar refractivity (Wildman–Crippen MR) is 184 cm³/mol. The maximum atomic E-state index is 14.7. The van der Waals surface area contributed by atoms with Gasteiger partial charge in [-0.15, -0.1) is 0 Å². The standard InChI is InChI=1S/C38H55N3O6/c1-12-25(4)31(40-36(45)47-38(9,10)11)34(43)41(30-21-26(30)5)32(28-19-23(2)18-24(3)20-28)33(42)39-29(35(44)46-37(6,7)8)22-27-16-14-13-15-17-27/h13-20,25-26,29-32H,12,21-22H2,1-11H3,(H,39,42)(H,40,45). The summed E-state index contributed by atoms with van der Waals surface area (Å²) in [4.78, 5) is 57.6. The lowest BCUT2D eigenvalue weighted by molar-refractivity contribution is -0.159. The van der Waals surface area contributed by atoms with Crippen molar-refractivity contribution in [1.29, 1.82) is 0 Å². The molecule has 0 saturated heterocycles. The first kappa shape index (κ1) is 37.6. The van der Waals surface area contributed by atoms with E-state index in [0.717, 1.165) is 16.7 Å². The summed E-state index contributed by atoms with van der Waals surface area (Å²) in [7, 11) is 0. The van der Waals surface area contributed by atoms with Gasteiger partial charge < -0.3 is 25.0 Å². The molecule has 0 spiro atoms. The third-order valence-electron chi connectivity index (χ3n) is 8.21. The zero-order valence-corrected chi connectivity index (χ0v) is 30.1. The van der Waals surface area contributed by atoms with Crippen molar-refractivity contribution in [3.05, 3.63) is 70.8 Å². The van der Waals surface area contributed by atoms with Crippen LogP contribution in [0.4, 0.5) is 4.79 Å². The first-order chi connectivity index (χ1) is 21.8. The van der Waals surface area contributed by atoms with Gasteiger partial charge in [0.1, 0.15) is 29.3 Å². The van der Waals surface area contributed by atoms with Crippen molar-refractivity contribution in [3.8, 4) is 0 Å². The monoisotopic (exact) mass is 649 g/mol. The van der Waals surface area contributed by atoms with Gasteiger partial charge in [0, 0.05) is 12.5 Å². The third kappa shape index (κ3) is 11.1. The van der Waals surface area contributed by atoms with Gasteiger partial charge in [-0.05, 0) is 84.8 Å². The van der Waals surface area contributed by atoms with E-state index in [2.05, 4.69) is 10.6 Å². The summed E-state index contributed by atoms with van der Waals surface area (Å²) in [5, 5.41) is 5.82. The fourth-order valence-electron chi connectivity index (χ4n) is 5.72. The fraction of sp³-hybridized carbons (Fsp3) is 0.579. The highest BCUT2D eigenvalue weighted by atomic mass is 16.6. The van der Waals surface area contributed by atoms with E-state index in [1.807, 2.05) is 83.1 Å². The summed E-state index contributed by atoms with van der Waals surface area (Å²) in [5.41, 5.74) is 1.84. The summed E-state index contributed by atoms with van der Waals surface area (Å²) < 4.78 is 11.3. The van der Waals surface area contributed by atoms with Gasteiger partial charge in [-0.2, -0.15) is 0 Å². The minimum Gasteiger partial charge on any atom is -0.458 e. The Bertz CT molecular complexity index is 1390. The summed E-state index contributed by atoms with van der Waals surface area (Å²) >= 11 is 0. The molecule has 1 aliphatic rings. The maximum absolute atomic E-state index is 14.7. The average Bonchev–Trinajstić information content (AvgIpc) is 3.66. The van der Waals surface area contributed by atoms with Crippen LogP contribution < -0.4 is 10.6 Å². The number of benzene rings is 2. The summed E-state index contributed by atoms with van der Waals surface area (Å²) in [6.45, 7) is 20.4. The molecule has 3 rings (SSSR count). The second kappa shape index (κ2) is 15.3. The number of alkyl carbamates (subject to hydrolysis) is 1. The Hall–Kier alpha value is -3.88. The highest BCUT2D eigenvalue weighted by Crippen LogP contribution is 2.41. The van der Waals surface area contributed by atoms with Gasteiger partial charge in [0.15, 0.2) is 0 Å². The molecular weight excluding hydrogens is 594 g/mol. The minimum absolute atomic E-state index is 0.144. The van der Waals surface area contributed by atoms with Gasteiger partial charge in [0.05, 0.1) is 0 Å². The summed E-state index contributed by atoms with van der Waals surface area (Å²) in [6.07, 6.45) is 0.836. The molecule has 0 radical (unpaired) electrons. The molecule has 1 fully saturated rings. The number of esters is 1. The molecule has 0 aliphatic heterocycles. The van der Waals surface area contributed by atoms with Crippen LogP contribution in [-0.2, 0) is 30.3 Å². The smallest absolute Gasteiger partial charge is 0.408 e. The Labute approximate surface area is 281 Å². The number of hydrogen-bond donors (Lipinski definition) is 2. The molecule has 0 bridgehead atoms. The molecular formula is C38H55N3O6. The zero-order chi connectivity index (χ0) is 35.3. The van der Waals surface area contributed by atoms with Crippen molar-refractivity contribution < 1.29 is 28.7 Å². The highest BCUT2D eigenvalue weighted by molar-refractivity contribution is 5.94. The fourth-order valence-corrected chi connectivity index (χ4v) is 5.72. The van der Waals surface area contributed by atoms with Gasteiger partial charge in [-0.1, -0.05) is 86.8 Å². The highest BCUT2D eigenvalue weighted by Gasteiger charge is 2.49. The molecule has 6 atom stereocenters. The van der Waals surface area contributed by atoms with Gasteiger partial charge in [-0.25, -0.2) is 9.59 Å². The molecule has 2 aromatic carbocycles. The number of nitrogens with one attached hydrogen (secondary N) is 2. The molecule has 258 valence electrons. The van der Waals surface area contributed by atoms with E-state index >= 15 is 0 Å². The van der Waals surface area contributed by atoms with E-state index in [1.165, 1.54) is 0 Å². The topological polar surface area (TPSA) is 114 Å². The van der Waals surface area contributed by atoms with Crippen LogP contribution >= 0.6 is 0 Å². The molecule has 0 aromatic heterocycles. The molecule has 47 heavy (non-hydrogen) atoms. The maximum Gasteiger partial charge on any atom is 0.408 e. The van der Waals surface area contributed by atoms with Gasteiger partial charge in [0.2, 0.25) is 11.8 Å². The quantitative estimate of drug-likeness (QED) is 0.251. The van der Waals surface area contributed by atoms with Crippen molar-refractivity contribution in [1.82, 2.24) is 15.5 Å². The van der Waals surface area contributed by atoms with Crippen LogP contribution in [0, 0.1) is 25.7 Å². The second-order valence-electron chi connectivity index (χ2n) is 15.1. The van der Waals surface area contributed by atoms with Crippen LogP contribution in [0.5, 0.6) is 0 Å². The lowest BCUT2D eigenvalue weighted by Crippen LogP contribution is -2.57. The van der Waals surface area contributed by atoms with Crippen molar-refractivity contribution >= 4 is 23.9 Å². The molecule has 1 saturated carbocycles. The Balaban J connectivity index is 2.11. The van der Waals surface area contributed by atoms with Crippen LogP contribution in [-0.4, -0.2) is 58.1 Å². The molecule has 9 nitrogen and oxygen atoms in total. The molecule has 0 heterocycles. The number of rotatable bonds is 12. The van der Waals surface area contributed by atoms with Crippen LogP contribution in [0.25, 0.3) is 0 Å². The Morgan fingerprint density at radius 1 is 0.894 bits per heavy atom. The van der Waals surface area contributed by atoms with Crippen molar-refractivity contribution in [2.45, 2.75) is 131 Å². The molecule has 2 N–H and O–H groups in total. The van der Waals surface area contributed by atoms with Crippen molar-refractivity contribution in [3.63, 3.8) is 0 Å². The second-order valence-corrected chi connectivity index (χ2v) is 15.1. The average molecular weight is 650 g/mol. The molecule has 6 unspecified atom stereocenters. The zero-order valence-electron chi connectivity index (χ0n) is 30.1. The lowest BCUT2D eigenvalue weighted by Gasteiger charge is -2.37. The number of aryl methyl sites for hydroxylation is 2. The van der Waals surface area contributed by atoms with E-state index in [4.69, 9.17) is 9.47 Å². The van der Waals surface area contributed by atoms with Gasteiger partial charge in [0.25, 0.3) is 0 Å². The van der Waals surface area contributed by atoms with Crippen molar-refractivity contribution in [2.24, 2.45) is 11.8 Å². The third-order valence-corrected chi connectivity index (χ3v) is 8.21. The largest absolute Gasteiger partial charge is 0.458 e. The van der Waals surface area contributed by atoms with Crippen LogP contribution in [0.3, 0.4) is 0 Å².